The van der Waals surface area contributed by atoms with Crippen molar-refractivity contribution in [1.82, 2.24) is 4.98 Å². The molecule has 0 atom stereocenters. The van der Waals surface area contributed by atoms with E-state index in [0.29, 0.717) is 22.1 Å². The molecular formula is C15H10F3NO3. The van der Waals surface area contributed by atoms with Gasteiger partial charge in [0.15, 0.2) is 0 Å². The number of fused-ring (bicyclic) bond motifs is 1. The predicted molar refractivity (Wildman–Crippen MR) is 71.6 cm³/mol. The second-order valence-electron chi connectivity index (χ2n) is 4.77. The largest absolute Gasteiger partial charge is 0.464 e. The Kier molecular flexibility index (Phi) is 3.19. The number of aliphatic hydroxyl groups is 2. The molecule has 0 unspecified atom stereocenters. The average molecular weight is 309 g/mol. The molecule has 114 valence electrons. The lowest BCUT2D eigenvalue weighted by molar-refractivity contribution is -0.358. The third-order valence-electron chi connectivity index (χ3n) is 3.34. The zero-order valence-electron chi connectivity index (χ0n) is 11.0. The van der Waals surface area contributed by atoms with E-state index >= 15 is 0 Å². The van der Waals surface area contributed by atoms with Crippen LogP contribution in [0.2, 0.25) is 0 Å². The van der Waals surface area contributed by atoms with Gasteiger partial charge in [-0.1, -0.05) is 12.1 Å². The maximum Gasteiger partial charge on any atom is 0.447 e. The monoisotopic (exact) mass is 309 g/mol. The Morgan fingerprint density at radius 1 is 1.05 bits per heavy atom. The summed E-state index contributed by atoms with van der Waals surface area (Å²) < 4.78 is 43.4. The highest BCUT2D eigenvalue weighted by atomic mass is 19.4. The molecule has 22 heavy (non-hydrogen) atoms. The van der Waals surface area contributed by atoms with Crippen LogP contribution in [0.15, 0.2) is 53.4 Å². The van der Waals surface area contributed by atoms with Crippen molar-refractivity contribution in [1.29, 1.82) is 0 Å². The SMILES string of the molecule is OC(O)(c1cncc(-c2cccc3occc23)c1)C(F)(F)F. The number of rotatable bonds is 2. The van der Waals surface area contributed by atoms with Gasteiger partial charge in [0, 0.05) is 28.9 Å². The quantitative estimate of drug-likeness (QED) is 0.713. The number of aromatic nitrogens is 1. The van der Waals surface area contributed by atoms with E-state index in [0.717, 1.165) is 12.3 Å². The highest BCUT2D eigenvalue weighted by Crippen LogP contribution is 2.38. The van der Waals surface area contributed by atoms with E-state index in [1.807, 2.05) is 0 Å². The molecular weight excluding hydrogens is 299 g/mol. The first kappa shape index (κ1) is 14.6. The first-order chi connectivity index (χ1) is 10.3. The van der Waals surface area contributed by atoms with Crippen molar-refractivity contribution in [2.75, 3.05) is 0 Å². The van der Waals surface area contributed by atoms with Crippen molar-refractivity contribution in [3.63, 3.8) is 0 Å². The van der Waals surface area contributed by atoms with Gasteiger partial charge in [-0.25, -0.2) is 0 Å². The lowest BCUT2D eigenvalue weighted by Gasteiger charge is -2.24. The molecule has 0 aliphatic carbocycles. The molecule has 3 rings (SSSR count). The Morgan fingerprint density at radius 3 is 2.55 bits per heavy atom. The van der Waals surface area contributed by atoms with E-state index in [2.05, 4.69) is 4.98 Å². The van der Waals surface area contributed by atoms with Gasteiger partial charge in [0.1, 0.15) is 5.58 Å². The van der Waals surface area contributed by atoms with Crippen molar-refractivity contribution in [2.24, 2.45) is 0 Å². The number of nitrogens with zero attached hydrogens (tertiary/aromatic N) is 1. The molecule has 0 saturated heterocycles. The van der Waals surface area contributed by atoms with Gasteiger partial charge < -0.3 is 14.6 Å². The van der Waals surface area contributed by atoms with Crippen LogP contribution in [0.25, 0.3) is 22.1 Å². The Hall–Kier alpha value is -2.38. The molecule has 0 saturated carbocycles. The van der Waals surface area contributed by atoms with Gasteiger partial charge >= 0.3 is 6.18 Å². The maximum atomic E-state index is 12.7. The second kappa shape index (κ2) is 4.82. The topological polar surface area (TPSA) is 66.5 Å². The standard InChI is InChI=1S/C15H10F3NO3/c16-15(17,18)14(20,21)10-6-9(7-19-8-10)11-2-1-3-13-12(11)4-5-22-13/h1-8,20-21H. The highest BCUT2D eigenvalue weighted by molar-refractivity contribution is 5.93. The fourth-order valence-corrected chi connectivity index (χ4v) is 2.19. The summed E-state index contributed by atoms with van der Waals surface area (Å²) in [5.74, 6) is -3.96. The van der Waals surface area contributed by atoms with Crippen LogP contribution < -0.4 is 0 Å². The highest BCUT2D eigenvalue weighted by Gasteiger charge is 2.54. The van der Waals surface area contributed by atoms with Gasteiger partial charge in [-0.05, 0) is 23.8 Å². The van der Waals surface area contributed by atoms with Crippen molar-refractivity contribution in [3.05, 3.63) is 54.6 Å². The van der Waals surface area contributed by atoms with Crippen molar-refractivity contribution in [2.45, 2.75) is 12.0 Å². The summed E-state index contributed by atoms with van der Waals surface area (Å²) in [7, 11) is 0. The van der Waals surface area contributed by atoms with Crippen molar-refractivity contribution >= 4 is 11.0 Å². The second-order valence-corrected chi connectivity index (χ2v) is 4.77. The first-order valence-corrected chi connectivity index (χ1v) is 6.24. The summed E-state index contributed by atoms with van der Waals surface area (Å²) in [6, 6.07) is 7.80. The number of halogens is 3. The molecule has 3 aromatic rings. The summed E-state index contributed by atoms with van der Waals surface area (Å²) in [6.07, 6.45) is -1.65. The fraction of sp³-hybridized carbons (Fsp3) is 0.133. The molecule has 2 aromatic heterocycles. The molecule has 0 bridgehead atoms. The van der Waals surface area contributed by atoms with E-state index in [1.54, 1.807) is 24.3 Å². The van der Waals surface area contributed by atoms with Crippen LogP contribution in [0, 0.1) is 0 Å². The van der Waals surface area contributed by atoms with E-state index in [9.17, 15) is 23.4 Å². The van der Waals surface area contributed by atoms with Gasteiger partial charge in [-0.15, -0.1) is 0 Å². The molecule has 0 radical (unpaired) electrons. The minimum Gasteiger partial charge on any atom is -0.464 e. The Labute approximate surface area is 122 Å². The van der Waals surface area contributed by atoms with Crippen molar-refractivity contribution in [3.8, 4) is 11.1 Å². The summed E-state index contributed by atoms with van der Waals surface area (Å²) in [5.41, 5.74) is 0.718. The number of hydrogen-bond donors (Lipinski definition) is 2. The van der Waals surface area contributed by atoms with E-state index in [1.165, 1.54) is 12.5 Å². The average Bonchev–Trinajstić information content (AvgIpc) is 2.94. The molecule has 2 heterocycles. The van der Waals surface area contributed by atoms with Crippen LogP contribution in [0.3, 0.4) is 0 Å². The summed E-state index contributed by atoms with van der Waals surface area (Å²) in [6.45, 7) is 0. The zero-order chi connectivity index (χ0) is 16.0. The van der Waals surface area contributed by atoms with Crippen LogP contribution in [0.1, 0.15) is 5.56 Å². The minimum absolute atomic E-state index is 0.321. The Bertz CT molecular complexity index is 824. The van der Waals surface area contributed by atoms with Gasteiger partial charge in [0.25, 0.3) is 5.79 Å². The van der Waals surface area contributed by atoms with Crippen LogP contribution in [-0.2, 0) is 5.79 Å². The minimum atomic E-state index is -5.23. The van der Waals surface area contributed by atoms with E-state index in [-0.39, 0.29) is 0 Å². The van der Waals surface area contributed by atoms with Gasteiger partial charge in [0.05, 0.1) is 6.26 Å². The van der Waals surface area contributed by atoms with Gasteiger partial charge in [-0.2, -0.15) is 13.2 Å². The zero-order valence-corrected chi connectivity index (χ0v) is 11.0. The number of alkyl halides is 3. The molecule has 7 heteroatoms. The predicted octanol–water partition coefficient (Wildman–Crippen LogP) is 3.19. The van der Waals surface area contributed by atoms with Gasteiger partial charge in [-0.3, -0.25) is 4.98 Å². The molecule has 4 nitrogen and oxygen atoms in total. The third kappa shape index (κ3) is 2.24. The molecule has 0 fully saturated rings. The summed E-state index contributed by atoms with van der Waals surface area (Å²) in [5, 5.41) is 19.4. The Balaban J connectivity index is 2.15. The van der Waals surface area contributed by atoms with Crippen LogP contribution >= 0.6 is 0 Å². The summed E-state index contributed by atoms with van der Waals surface area (Å²) in [4.78, 5) is 3.68. The normalized spacial score (nSPS) is 12.8. The number of pyridine rings is 1. The number of furan rings is 1. The lowest BCUT2D eigenvalue weighted by atomic mass is 9.99. The summed E-state index contributed by atoms with van der Waals surface area (Å²) >= 11 is 0. The number of hydrogen-bond acceptors (Lipinski definition) is 4. The van der Waals surface area contributed by atoms with Crippen molar-refractivity contribution < 1.29 is 27.8 Å². The molecule has 0 amide bonds. The smallest absolute Gasteiger partial charge is 0.447 e. The third-order valence-corrected chi connectivity index (χ3v) is 3.34. The lowest BCUT2D eigenvalue weighted by Crippen LogP contribution is -2.42. The Morgan fingerprint density at radius 2 is 1.82 bits per heavy atom. The molecule has 0 aliphatic rings. The van der Waals surface area contributed by atoms with E-state index < -0.39 is 17.5 Å². The fourth-order valence-electron chi connectivity index (χ4n) is 2.19. The number of benzene rings is 1. The van der Waals surface area contributed by atoms with Crippen LogP contribution in [0.4, 0.5) is 13.2 Å². The van der Waals surface area contributed by atoms with Crippen LogP contribution in [0.5, 0.6) is 0 Å². The van der Waals surface area contributed by atoms with Gasteiger partial charge in [0.2, 0.25) is 0 Å². The molecule has 1 aromatic carbocycles. The first-order valence-electron chi connectivity index (χ1n) is 6.24. The molecule has 2 N–H and O–H groups in total. The van der Waals surface area contributed by atoms with E-state index in [4.69, 9.17) is 4.42 Å². The van der Waals surface area contributed by atoms with Crippen LogP contribution in [-0.4, -0.2) is 21.4 Å². The molecule has 0 aliphatic heterocycles. The maximum absolute atomic E-state index is 12.7. The molecule has 0 spiro atoms.